The highest BCUT2D eigenvalue weighted by molar-refractivity contribution is 6.33. The summed E-state index contributed by atoms with van der Waals surface area (Å²) in [5.74, 6) is 0. The number of anilines is 2. The number of urea groups is 1. The molecule has 1 aromatic rings. The second-order valence-corrected chi connectivity index (χ2v) is 7.57. The summed E-state index contributed by atoms with van der Waals surface area (Å²) >= 11 is 6.35. The standard InChI is InChI=1S/C18H25ClN4O2/c19-16-5-4-12(8-17(16)22-10-15(11-22)25-7-6-20)21-18(24)23-13-2-1-3-14(23)9-13/h4-5,8,13-15H,1-3,6-7,9-11,20H2,(H,21,24). The minimum Gasteiger partial charge on any atom is -0.373 e. The summed E-state index contributed by atoms with van der Waals surface area (Å²) in [6, 6.07) is 6.54. The molecule has 25 heavy (non-hydrogen) atoms. The van der Waals surface area contributed by atoms with E-state index in [0.717, 1.165) is 43.7 Å². The van der Waals surface area contributed by atoms with Gasteiger partial charge in [0.2, 0.25) is 0 Å². The van der Waals surface area contributed by atoms with Gasteiger partial charge in [-0.05, 0) is 43.9 Å². The summed E-state index contributed by atoms with van der Waals surface area (Å²) < 4.78 is 5.62. The number of hydrogen-bond acceptors (Lipinski definition) is 4. The van der Waals surface area contributed by atoms with Crippen molar-refractivity contribution in [2.75, 3.05) is 36.5 Å². The Bertz CT molecular complexity index is 636. The molecule has 3 aliphatic heterocycles. The Hall–Kier alpha value is -1.50. The third-order valence-electron chi connectivity index (χ3n) is 5.50. The number of amides is 2. The predicted octanol–water partition coefficient (Wildman–Crippen LogP) is 2.66. The van der Waals surface area contributed by atoms with E-state index < -0.39 is 0 Å². The maximum absolute atomic E-state index is 12.6. The molecule has 4 rings (SSSR count). The number of hydrogen-bond donors (Lipinski definition) is 2. The average Bonchev–Trinajstić information content (AvgIpc) is 2.56. The van der Waals surface area contributed by atoms with Gasteiger partial charge in [0.15, 0.2) is 0 Å². The maximum atomic E-state index is 12.6. The molecule has 2 unspecified atom stereocenters. The molecule has 0 aliphatic carbocycles. The molecule has 2 amide bonds. The third kappa shape index (κ3) is 3.30. The SMILES string of the molecule is NCCOC1CN(c2cc(NC(=O)N3C4CCCC3C4)ccc2Cl)C1. The number of fused-ring (bicyclic) bond motifs is 2. The van der Waals surface area contributed by atoms with E-state index >= 15 is 0 Å². The van der Waals surface area contributed by atoms with Crippen LogP contribution in [0, 0.1) is 0 Å². The van der Waals surface area contributed by atoms with Crippen LogP contribution in [-0.2, 0) is 4.74 Å². The molecule has 3 fully saturated rings. The predicted molar refractivity (Wildman–Crippen MR) is 99.4 cm³/mol. The Balaban J connectivity index is 1.38. The topological polar surface area (TPSA) is 70.8 Å². The third-order valence-corrected chi connectivity index (χ3v) is 5.82. The largest absolute Gasteiger partial charge is 0.373 e. The van der Waals surface area contributed by atoms with Crippen LogP contribution in [0.25, 0.3) is 0 Å². The number of nitrogens with two attached hydrogens (primary N) is 1. The fourth-order valence-corrected chi connectivity index (χ4v) is 4.37. The van der Waals surface area contributed by atoms with E-state index in [-0.39, 0.29) is 12.1 Å². The summed E-state index contributed by atoms with van der Waals surface area (Å²) in [4.78, 5) is 16.7. The van der Waals surface area contributed by atoms with E-state index in [4.69, 9.17) is 22.1 Å². The van der Waals surface area contributed by atoms with Gasteiger partial charge >= 0.3 is 6.03 Å². The fraction of sp³-hybridized carbons (Fsp3) is 0.611. The highest BCUT2D eigenvalue weighted by Crippen LogP contribution is 2.39. The number of ether oxygens (including phenoxy) is 1. The Labute approximate surface area is 153 Å². The second kappa shape index (κ2) is 7.02. The number of benzene rings is 1. The summed E-state index contributed by atoms with van der Waals surface area (Å²) in [6.45, 7) is 2.72. The van der Waals surface area contributed by atoms with Crippen molar-refractivity contribution in [1.82, 2.24) is 4.90 Å². The molecule has 3 saturated heterocycles. The summed E-state index contributed by atoms with van der Waals surface area (Å²) in [6.07, 6.45) is 4.88. The smallest absolute Gasteiger partial charge is 0.322 e. The molecule has 2 atom stereocenters. The van der Waals surface area contributed by atoms with Gasteiger partial charge in [0.05, 0.1) is 23.4 Å². The van der Waals surface area contributed by atoms with Crippen LogP contribution in [-0.4, -0.2) is 55.4 Å². The molecule has 0 aromatic heterocycles. The van der Waals surface area contributed by atoms with E-state index in [2.05, 4.69) is 10.2 Å². The zero-order valence-corrected chi connectivity index (χ0v) is 15.0. The van der Waals surface area contributed by atoms with Gasteiger partial charge in [-0.25, -0.2) is 4.79 Å². The number of piperidine rings is 1. The van der Waals surface area contributed by atoms with E-state index in [1.807, 2.05) is 23.1 Å². The number of carbonyl (C=O) groups excluding carboxylic acids is 1. The fourth-order valence-electron chi connectivity index (χ4n) is 4.13. The van der Waals surface area contributed by atoms with Crippen LogP contribution in [0.2, 0.25) is 5.02 Å². The molecule has 0 spiro atoms. The maximum Gasteiger partial charge on any atom is 0.322 e. The van der Waals surface area contributed by atoms with Gasteiger partial charge in [0.1, 0.15) is 0 Å². The normalized spacial score (nSPS) is 25.4. The first-order valence-corrected chi connectivity index (χ1v) is 9.49. The number of nitrogens with zero attached hydrogens (tertiary/aromatic N) is 2. The summed E-state index contributed by atoms with van der Waals surface area (Å²) in [5, 5.41) is 3.73. The molecule has 7 heteroatoms. The summed E-state index contributed by atoms with van der Waals surface area (Å²) in [5.41, 5.74) is 7.20. The Kier molecular flexibility index (Phi) is 4.75. The Morgan fingerprint density at radius 2 is 2.08 bits per heavy atom. The van der Waals surface area contributed by atoms with Crippen LogP contribution >= 0.6 is 11.6 Å². The quantitative estimate of drug-likeness (QED) is 0.842. The molecule has 2 bridgehead atoms. The van der Waals surface area contributed by atoms with Crippen LogP contribution in [0.15, 0.2) is 18.2 Å². The minimum atomic E-state index is 0.0157. The van der Waals surface area contributed by atoms with Gasteiger partial charge in [-0.1, -0.05) is 11.6 Å². The molecule has 3 N–H and O–H groups in total. The van der Waals surface area contributed by atoms with Crippen LogP contribution < -0.4 is 16.0 Å². The lowest BCUT2D eigenvalue weighted by Gasteiger charge is -2.52. The van der Waals surface area contributed by atoms with Gasteiger partial charge in [-0.15, -0.1) is 0 Å². The first-order chi connectivity index (χ1) is 12.2. The monoisotopic (exact) mass is 364 g/mol. The van der Waals surface area contributed by atoms with Gasteiger partial charge < -0.3 is 25.6 Å². The first kappa shape index (κ1) is 16.9. The molecule has 1 aromatic carbocycles. The summed E-state index contributed by atoms with van der Waals surface area (Å²) in [7, 11) is 0. The van der Waals surface area contributed by atoms with Gasteiger partial charge in [-0.2, -0.15) is 0 Å². The van der Waals surface area contributed by atoms with Gasteiger partial charge in [0, 0.05) is 37.4 Å². The van der Waals surface area contributed by atoms with E-state index in [0.29, 0.717) is 30.3 Å². The number of carbonyl (C=O) groups is 1. The highest BCUT2D eigenvalue weighted by Gasteiger charge is 2.44. The van der Waals surface area contributed by atoms with E-state index in [1.54, 1.807) is 0 Å². The second-order valence-electron chi connectivity index (χ2n) is 7.16. The number of halogens is 1. The first-order valence-electron chi connectivity index (χ1n) is 9.11. The molecule has 0 saturated carbocycles. The molecular weight excluding hydrogens is 340 g/mol. The van der Waals surface area contributed by atoms with Crippen LogP contribution in [0.3, 0.4) is 0 Å². The van der Waals surface area contributed by atoms with Crippen molar-refractivity contribution >= 4 is 29.0 Å². The lowest BCUT2D eigenvalue weighted by atomic mass is 9.80. The van der Waals surface area contributed by atoms with Crippen molar-refractivity contribution in [1.29, 1.82) is 0 Å². The lowest BCUT2D eigenvalue weighted by Crippen LogP contribution is -2.62. The average molecular weight is 365 g/mol. The minimum absolute atomic E-state index is 0.0157. The van der Waals surface area contributed by atoms with Crippen molar-refractivity contribution in [2.24, 2.45) is 5.73 Å². The van der Waals surface area contributed by atoms with Crippen molar-refractivity contribution in [3.05, 3.63) is 23.2 Å². The number of rotatable bonds is 5. The van der Waals surface area contributed by atoms with Crippen LogP contribution in [0.5, 0.6) is 0 Å². The van der Waals surface area contributed by atoms with Crippen molar-refractivity contribution < 1.29 is 9.53 Å². The Morgan fingerprint density at radius 3 is 2.76 bits per heavy atom. The molecule has 3 heterocycles. The molecular formula is C18H25ClN4O2. The lowest BCUT2D eigenvalue weighted by molar-refractivity contribution is 0.0173. The zero-order valence-electron chi connectivity index (χ0n) is 14.3. The molecule has 3 aliphatic rings. The Morgan fingerprint density at radius 1 is 1.32 bits per heavy atom. The number of nitrogens with one attached hydrogen (secondary N) is 1. The van der Waals surface area contributed by atoms with Crippen LogP contribution in [0.4, 0.5) is 16.2 Å². The van der Waals surface area contributed by atoms with Gasteiger partial charge in [-0.3, -0.25) is 0 Å². The highest BCUT2D eigenvalue weighted by atomic mass is 35.5. The molecule has 6 nitrogen and oxygen atoms in total. The molecule has 0 radical (unpaired) electrons. The van der Waals surface area contributed by atoms with Gasteiger partial charge in [0.25, 0.3) is 0 Å². The van der Waals surface area contributed by atoms with E-state index in [9.17, 15) is 4.79 Å². The van der Waals surface area contributed by atoms with Crippen molar-refractivity contribution in [3.8, 4) is 0 Å². The molecule has 136 valence electrons. The van der Waals surface area contributed by atoms with E-state index in [1.165, 1.54) is 6.42 Å². The van der Waals surface area contributed by atoms with Crippen molar-refractivity contribution in [2.45, 2.75) is 43.9 Å². The zero-order chi connectivity index (χ0) is 17.4. The van der Waals surface area contributed by atoms with Crippen molar-refractivity contribution in [3.63, 3.8) is 0 Å². The van der Waals surface area contributed by atoms with Crippen LogP contribution in [0.1, 0.15) is 25.7 Å².